The van der Waals surface area contributed by atoms with E-state index in [1.165, 1.54) is 0 Å². The van der Waals surface area contributed by atoms with Gasteiger partial charge in [-0.1, -0.05) is 42.0 Å². The number of nitrogens with one attached hydrogen (secondary N) is 2. The van der Waals surface area contributed by atoms with Gasteiger partial charge >= 0.3 is 0 Å². The van der Waals surface area contributed by atoms with Gasteiger partial charge < -0.3 is 10.1 Å². The second-order valence-corrected chi connectivity index (χ2v) is 8.40. The first-order valence-electron chi connectivity index (χ1n) is 9.34. The van der Waals surface area contributed by atoms with Crippen LogP contribution in [0.4, 0.5) is 0 Å². The Hall–Kier alpha value is -2.74. The number of hydrogen-bond donors (Lipinski definition) is 2. The Morgan fingerprint density at radius 1 is 1.10 bits per heavy atom. The van der Waals surface area contributed by atoms with E-state index in [9.17, 15) is 8.42 Å². The van der Waals surface area contributed by atoms with Crippen molar-refractivity contribution in [2.45, 2.75) is 11.8 Å². The number of para-hydroxylation sites is 1. The molecule has 0 atom stereocenters. The van der Waals surface area contributed by atoms with Gasteiger partial charge in [-0.2, -0.15) is 0 Å². The van der Waals surface area contributed by atoms with Gasteiger partial charge in [-0.25, -0.2) is 13.1 Å². The number of sulfonamides is 1. The summed E-state index contributed by atoms with van der Waals surface area (Å²) in [7, 11) is -1.94. The first-order valence-corrected chi connectivity index (χ1v) is 10.8. The lowest BCUT2D eigenvalue weighted by atomic mass is 10.1. The van der Waals surface area contributed by atoms with Gasteiger partial charge in [0.15, 0.2) is 0 Å². The van der Waals surface area contributed by atoms with Gasteiger partial charge in [0.05, 0.1) is 12.0 Å². The summed E-state index contributed by atoms with van der Waals surface area (Å²) in [6.07, 6.45) is 5.31. The van der Waals surface area contributed by atoms with Gasteiger partial charge in [-0.15, -0.1) is 0 Å². The molecule has 0 radical (unpaired) electrons. The Labute approximate surface area is 171 Å². The highest BCUT2D eigenvalue weighted by molar-refractivity contribution is 7.89. The monoisotopic (exact) mass is 411 g/mol. The Balaban J connectivity index is 1.54. The Morgan fingerprint density at radius 3 is 2.76 bits per heavy atom. The molecule has 0 spiro atoms. The highest BCUT2D eigenvalue weighted by atomic mass is 32.2. The Bertz CT molecular complexity index is 1110. The van der Waals surface area contributed by atoms with Crippen molar-refractivity contribution in [1.29, 1.82) is 0 Å². The van der Waals surface area contributed by atoms with Crippen molar-refractivity contribution in [2.24, 2.45) is 0 Å². The fraction of sp³-hybridized carbons (Fsp3) is 0.227. The molecule has 29 heavy (non-hydrogen) atoms. The van der Waals surface area contributed by atoms with Crippen LogP contribution in [0.25, 0.3) is 16.8 Å². The summed E-state index contributed by atoms with van der Waals surface area (Å²) in [6.45, 7) is 3.49. The number of fused-ring (bicyclic) bond motifs is 1. The number of rotatable bonds is 9. The summed E-state index contributed by atoms with van der Waals surface area (Å²) in [5, 5.41) is 4.72. The van der Waals surface area contributed by atoms with Crippen LogP contribution in [0.3, 0.4) is 0 Å². The van der Waals surface area contributed by atoms with E-state index in [1.54, 1.807) is 37.7 Å². The smallest absolute Gasteiger partial charge is 0.241 e. The summed E-state index contributed by atoms with van der Waals surface area (Å²) < 4.78 is 33.4. The highest BCUT2D eigenvalue weighted by Gasteiger charge is 2.16. The average molecular weight is 412 g/mol. The molecule has 0 amide bonds. The lowest BCUT2D eigenvalue weighted by Crippen LogP contribution is -2.32. The zero-order chi connectivity index (χ0) is 20.7. The minimum atomic E-state index is -3.59. The summed E-state index contributed by atoms with van der Waals surface area (Å²) in [6, 6.07) is 14.7. The number of benzene rings is 2. The second-order valence-electron chi connectivity index (χ2n) is 6.66. The van der Waals surface area contributed by atoms with Crippen LogP contribution in [0.1, 0.15) is 12.5 Å². The number of methoxy groups -OCH3 is 1. The van der Waals surface area contributed by atoms with Crippen molar-refractivity contribution in [3.05, 3.63) is 72.1 Å². The van der Waals surface area contributed by atoms with E-state index in [1.807, 2.05) is 37.3 Å². The molecular weight excluding hydrogens is 386 g/mol. The maximum absolute atomic E-state index is 12.7. The molecule has 0 saturated heterocycles. The zero-order valence-corrected chi connectivity index (χ0v) is 17.4. The van der Waals surface area contributed by atoms with Crippen molar-refractivity contribution in [1.82, 2.24) is 15.0 Å². The summed E-state index contributed by atoms with van der Waals surface area (Å²) in [4.78, 5) is 4.31. The molecule has 0 bridgehead atoms. The third-order valence-corrected chi connectivity index (χ3v) is 5.99. The quantitative estimate of drug-likeness (QED) is 0.529. The third-order valence-electron chi connectivity index (χ3n) is 4.47. The van der Waals surface area contributed by atoms with E-state index in [0.29, 0.717) is 25.0 Å². The molecule has 0 unspecified atom stereocenters. The van der Waals surface area contributed by atoms with Crippen LogP contribution in [-0.2, 0) is 10.0 Å². The van der Waals surface area contributed by atoms with E-state index in [-0.39, 0.29) is 4.90 Å². The van der Waals surface area contributed by atoms with Crippen molar-refractivity contribution >= 4 is 26.9 Å². The summed E-state index contributed by atoms with van der Waals surface area (Å²) >= 11 is 0. The van der Waals surface area contributed by atoms with Crippen LogP contribution in [0.5, 0.6) is 5.75 Å². The normalized spacial score (nSPS) is 12.3. The molecule has 2 aromatic carbocycles. The number of nitrogens with zero attached hydrogens (tertiary/aromatic N) is 1. The first-order chi connectivity index (χ1) is 14.0. The van der Waals surface area contributed by atoms with Gasteiger partial charge in [0.2, 0.25) is 10.0 Å². The highest BCUT2D eigenvalue weighted by Crippen LogP contribution is 2.22. The second kappa shape index (κ2) is 9.65. The van der Waals surface area contributed by atoms with Gasteiger partial charge in [-0.05, 0) is 25.1 Å². The Morgan fingerprint density at radius 2 is 1.93 bits per heavy atom. The minimum absolute atomic E-state index is 0.268. The van der Waals surface area contributed by atoms with Crippen LogP contribution < -0.4 is 14.8 Å². The van der Waals surface area contributed by atoms with Crippen LogP contribution >= 0.6 is 0 Å². The molecule has 0 aliphatic heterocycles. The van der Waals surface area contributed by atoms with Crippen LogP contribution in [0.2, 0.25) is 0 Å². The molecule has 0 aliphatic carbocycles. The van der Waals surface area contributed by atoms with Crippen molar-refractivity contribution in [3.8, 4) is 5.75 Å². The van der Waals surface area contributed by atoms with E-state index in [0.717, 1.165) is 22.3 Å². The van der Waals surface area contributed by atoms with Crippen molar-refractivity contribution in [2.75, 3.05) is 26.7 Å². The van der Waals surface area contributed by atoms with Crippen LogP contribution in [-0.4, -0.2) is 40.1 Å². The topological polar surface area (TPSA) is 80.3 Å². The minimum Gasteiger partial charge on any atom is -0.496 e. The molecule has 1 aromatic heterocycles. The lowest BCUT2D eigenvalue weighted by Gasteiger charge is -2.10. The molecule has 2 N–H and O–H groups in total. The molecule has 3 rings (SSSR count). The van der Waals surface area contributed by atoms with Crippen LogP contribution in [0, 0.1) is 0 Å². The number of hydrogen-bond acceptors (Lipinski definition) is 5. The summed E-state index contributed by atoms with van der Waals surface area (Å²) in [5.41, 5.74) is 2.14. The van der Waals surface area contributed by atoms with Gasteiger partial charge in [-0.3, -0.25) is 4.98 Å². The molecule has 0 aliphatic rings. The third kappa shape index (κ3) is 5.41. The molecule has 3 aromatic rings. The molecule has 152 valence electrons. The number of ether oxygens (including phenoxy) is 1. The van der Waals surface area contributed by atoms with Crippen LogP contribution in [0.15, 0.2) is 71.4 Å². The van der Waals surface area contributed by atoms with Gasteiger partial charge in [0, 0.05) is 48.4 Å². The fourth-order valence-electron chi connectivity index (χ4n) is 3.07. The molecule has 6 nitrogen and oxygen atoms in total. The Kier molecular flexibility index (Phi) is 6.98. The van der Waals surface area contributed by atoms with E-state index >= 15 is 0 Å². The number of pyridine rings is 1. The van der Waals surface area contributed by atoms with E-state index in [2.05, 4.69) is 21.1 Å². The molecule has 1 heterocycles. The standard InChI is InChI=1S/C22H25N3O3S/c1-17(14-18-6-3-4-8-21(18)28-2)15-24-12-13-25-29(26,27)22-9-5-7-19-16-23-11-10-20(19)22/h3-11,14,16,24-25H,12-13,15H2,1-2H3. The fourth-order valence-corrected chi connectivity index (χ4v) is 4.33. The van der Waals surface area contributed by atoms with Crippen molar-refractivity contribution < 1.29 is 13.2 Å². The van der Waals surface area contributed by atoms with Gasteiger partial charge in [0.25, 0.3) is 0 Å². The van der Waals surface area contributed by atoms with Gasteiger partial charge in [0.1, 0.15) is 5.75 Å². The predicted molar refractivity (Wildman–Crippen MR) is 116 cm³/mol. The molecular formula is C22H25N3O3S. The molecule has 0 fully saturated rings. The van der Waals surface area contributed by atoms with Crippen molar-refractivity contribution in [3.63, 3.8) is 0 Å². The maximum Gasteiger partial charge on any atom is 0.241 e. The lowest BCUT2D eigenvalue weighted by molar-refractivity contribution is 0.414. The molecule has 7 heteroatoms. The zero-order valence-electron chi connectivity index (χ0n) is 16.6. The average Bonchev–Trinajstić information content (AvgIpc) is 2.73. The maximum atomic E-state index is 12.7. The molecule has 0 saturated carbocycles. The first kappa shape index (κ1) is 21.0. The van der Waals surface area contributed by atoms with E-state index < -0.39 is 10.0 Å². The largest absolute Gasteiger partial charge is 0.496 e. The summed E-state index contributed by atoms with van der Waals surface area (Å²) in [5.74, 6) is 0.824. The SMILES string of the molecule is COc1ccccc1C=C(C)CNCCNS(=O)(=O)c1cccc2cnccc12. The predicted octanol–water partition coefficient (Wildman–Crippen LogP) is 3.21. The van der Waals surface area contributed by atoms with E-state index in [4.69, 9.17) is 4.74 Å². The number of aromatic nitrogens is 1.